The Balaban J connectivity index is 2.53. The number of H-pyrrole nitrogens is 1. The van der Waals surface area contributed by atoms with E-state index >= 15 is 0 Å². The number of nitrogens with one attached hydrogen (secondary N) is 1. The molecule has 2 nitrogen and oxygen atoms in total. The van der Waals surface area contributed by atoms with Crippen molar-refractivity contribution in [2.75, 3.05) is 5.73 Å². The molecule has 2 rings (SSSR count). The predicted molar refractivity (Wildman–Crippen MR) is 42.6 cm³/mol. The van der Waals surface area contributed by atoms with E-state index in [9.17, 15) is 0 Å². The summed E-state index contributed by atoms with van der Waals surface area (Å²) >= 11 is 0. The number of aryl methyl sites for hydroxylation is 1. The second-order valence-electron chi connectivity index (χ2n) is 2.60. The van der Waals surface area contributed by atoms with Gasteiger partial charge in [-0.15, -0.1) is 0 Å². The number of anilines is 1. The van der Waals surface area contributed by atoms with Crippen LogP contribution in [0.5, 0.6) is 0 Å². The van der Waals surface area contributed by atoms with E-state index in [0.717, 1.165) is 18.7 Å². The van der Waals surface area contributed by atoms with Crippen LogP contribution in [0.15, 0.2) is 12.1 Å². The van der Waals surface area contributed by atoms with Crippen LogP contribution < -0.4 is 5.73 Å². The Morgan fingerprint density at radius 2 is 2.40 bits per heavy atom. The summed E-state index contributed by atoms with van der Waals surface area (Å²) in [4.78, 5) is 3.12. The zero-order valence-electron chi connectivity index (χ0n) is 5.72. The van der Waals surface area contributed by atoms with Gasteiger partial charge in [0.05, 0.1) is 0 Å². The molecule has 1 aromatic heterocycles. The minimum atomic E-state index is 0.775. The molecule has 0 fully saturated rings. The fraction of sp³-hybridized carbons (Fsp3) is 0.250. The van der Waals surface area contributed by atoms with E-state index in [4.69, 9.17) is 5.73 Å². The van der Waals surface area contributed by atoms with E-state index in [2.05, 4.69) is 17.1 Å². The second-order valence-corrected chi connectivity index (χ2v) is 2.60. The Morgan fingerprint density at radius 1 is 1.50 bits per heavy atom. The maximum Gasteiger partial charge on any atom is 0.101 e. The van der Waals surface area contributed by atoms with Gasteiger partial charge in [-0.3, -0.25) is 0 Å². The lowest BCUT2D eigenvalue weighted by molar-refractivity contribution is 0.947. The molecule has 3 N–H and O–H groups in total. The number of aromatic nitrogens is 1. The van der Waals surface area contributed by atoms with Crippen LogP contribution in [-0.2, 0) is 6.42 Å². The SMILES string of the molecule is Nc1cc2c([nH]1)CCC=C2. The van der Waals surface area contributed by atoms with E-state index in [1.165, 1.54) is 11.3 Å². The van der Waals surface area contributed by atoms with Crippen molar-refractivity contribution in [3.05, 3.63) is 23.4 Å². The first-order valence-electron chi connectivity index (χ1n) is 3.50. The molecule has 0 atom stereocenters. The van der Waals surface area contributed by atoms with Crippen molar-refractivity contribution in [3.8, 4) is 0 Å². The minimum absolute atomic E-state index is 0.775. The van der Waals surface area contributed by atoms with Crippen molar-refractivity contribution >= 4 is 11.9 Å². The zero-order chi connectivity index (χ0) is 6.97. The van der Waals surface area contributed by atoms with Crippen LogP contribution in [-0.4, -0.2) is 4.98 Å². The lowest BCUT2D eigenvalue weighted by Gasteiger charge is -2.01. The topological polar surface area (TPSA) is 41.8 Å². The van der Waals surface area contributed by atoms with Gasteiger partial charge in [0, 0.05) is 5.69 Å². The van der Waals surface area contributed by atoms with Gasteiger partial charge in [0.2, 0.25) is 0 Å². The van der Waals surface area contributed by atoms with Crippen LogP contribution in [0.1, 0.15) is 17.7 Å². The normalized spacial score (nSPS) is 15.2. The quantitative estimate of drug-likeness (QED) is 0.555. The van der Waals surface area contributed by atoms with Gasteiger partial charge in [-0.05, 0) is 24.5 Å². The maximum atomic E-state index is 5.57. The number of hydrogen-bond donors (Lipinski definition) is 2. The van der Waals surface area contributed by atoms with Gasteiger partial charge < -0.3 is 10.7 Å². The Kier molecular flexibility index (Phi) is 1.07. The highest BCUT2D eigenvalue weighted by Crippen LogP contribution is 2.20. The number of rotatable bonds is 0. The first-order chi connectivity index (χ1) is 4.86. The third-order valence-electron chi connectivity index (χ3n) is 1.81. The summed E-state index contributed by atoms with van der Waals surface area (Å²) in [6, 6.07) is 1.98. The van der Waals surface area contributed by atoms with Crippen molar-refractivity contribution < 1.29 is 0 Å². The number of aromatic amines is 1. The highest BCUT2D eigenvalue weighted by atomic mass is 14.8. The van der Waals surface area contributed by atoms with Crippen molar-refractivity contribution in [2.45, 2.75) is 12.8 Å². The van der Waals surface area contributed by atoms with E-state index < -0.39 is 0 Å². The lowest BCUT2D eigenvalue weighted by Crippen LogP contribution is -1.91. The van der Waals surface area contributed by atoms with Gasteiger partial charge in [0.1, 0.15) is 5.82 Å². The molecule has 0 saturated carbocycles. The summed E-state index contributed by atoms with van der Waals surface area (Å²) < 4.78 is 0. The number of nitrogens with two attached hydrogens (primary N) is 1. The molecule has 0 radical (unpaired) electrons. The highest BCUT2D eigenvalue weighted by Gasteiger charge is 2.05. The molecule has 0 spiro atoms. The lowest BCUT2D eigenvalue weighted by atomic mass is 10.1. The van der Waals surface area contributed by atoms with E-state index in [-0.39, 0.29) is 0 Å². The van der Waals surface area contributed by atoms with Crippen LogP contribution in [0.25, 0.3) is 6.08 Å². The molecular formula is C8H10N2. The van der Waals surface area contributed by atoms with Crippen molar-refractivity contribution in [1.29, 1.82) is 0 Å². The summed E-state index contributed by atoms with van der Waals surface area (Å²) in [5.74, 6) is 0.775. The second kappa shape index (κ2) is 1.90. The van der Waals surface area contributed by atoms with Crippen LogP contribution in [0, 0.1) is 0 Å². The molecule has 0 aromatic carbocycles. The van der Waals surface area contributed by atoms with Gasteiger partial charge in [0.15, 0.2) is 0 Å². The summed E-state index contributed by atoms with van der Waals surface area (Å²) in [5.41, 5.74) is 8.10. The van der Waals surface area contributed by atoms with E-state index in [1.807, 2.05) is 6.07 Å². The number of fused-ring (bicyclic) bond motifs is 1. The molecule has 2 heteroatoms. The molecule has 52 valence electrons. The highest BCUT2D eigenvalue weighted by molar-refractivity contribution is 5.59. The van der Waals surface area contributed by atoms with Crippen molar-refractivity contribution in [1.82, 2.24) is 4.98 Å². The Morgan fingerprint density at radius 3 is 3.20 bits per heavy atom. The molecule has 1 aliphatic carbocycles. The molecule has 0 bridgehead atoms. The average Bonchev–Trinajstić information content (AvgIpc) is 2.27. The average molecular weight is 134 g/mol. The Bertz CT molecular complexity index is 271. The van der Waals surface area contributed by atoms with Crippen molar-refractivity contribution in [2.24, 2.45) is 0 Å². The summed E-state index contributed by atoms with van der Waals surface area (Å²) in [6.07, 6.45) is 6.53. The fourth-order valence-electron chi connectivity index (χ4n) is 1.33. The van der Waals surface area contributed by atoms with Crippen molar-refractivity contribution in [3.63, 3.8) is 0 Å². The Hall–Kier alpha value is -1.18. The maximum absolute atomic E-state index is 5.57. The molecule has 0 unspecified atom stereocenters. The minimum Gasteiger partial charge on any atom is -0.385 e. The predicted octanol–water partition coefficient (Wildman–Crippen LogP) is 1.56. The van der Waals surface area contributed by atoms with Crippen LogP contribution in [0.4, 0.5) is 5.82 Å². The number of nitrogen functional groups attached to an aromatic ring is 1. The molecule has 1 aromatic rings. The molecular weight excluding hydrogens is 124 g/mol. The van der Waals surface area contributed by atoms with Gasteiger partial charge in [-0.2, -0.15) is 0 Å². The molecule has 1 heterocycles. The molecule has 10 heavy (non-hydrogen) atoms. The summed E-state index contributed by atoms with van der Waals surface area (Å²) in [7, 11) is 0. The zero-order valence-corrected chi connectivity index (χ0v) is 5.72. The molecule has 0 amide bonds. The van der Waals surface area contributed by atoms with Crippen LogP contribution in [0.3, 0.4) is 0 Å². The monoisotopic (exact) mass is 134 g/mol. The largest absolute Gasteiger partial charge is 0.385 e. The van der Waals surface area contributed by atoms with Gasteiger partial charge in [-0.1, -0.05) is 12.2 Å². The summed E-state index contributed by atoms with van der Waals surface area (Å²) in [5, 5.41) is 0. The van der Waals surface area contributed by atoms with E-state index in [1.54, 1.807) is 0 Å². The van der Waals surface area contributed by atoms with Gasteiger partial charge >= 0.3 is 0 Å². The molecule has 0 saturated heterocycles. The smallest absolute Gasteiger partial charge is 0.101 e. The number of hydrogen-bond acceptors (Lipinski definition) is 1. The standard InChI is InChI=1S/C8H10N2/c9-8-5-6-3-1-2-4-7(6)10-8/h1,3,5,10H,2,4,9H2. The molecule has 0 aliphatic heterocycles. The van der Waals surface area contributed by atoms with Gasteiger partial charge in [0.25, 0.3) is 0 Å². The first-order valence-corrected chi connectivity index (χ1v) is 3.50. The van der Waals surface area contributed by atoms with Crippen LogP contribution >= 0.6 is 0 Å². The van der Waals surface area contributed by atoms with Gasteiger partial charge in [-0.25, -0.2) is 0 Å². The van der Waals surface area contributed by atoms with Crippen LogP contribution in [0.2, 0.25) is 0 Å². The fourth-order valence-corrected chi connectivity index (χ4v) is 1.33. The summed E-state index contributed by atoms with van der Waals surface area (Å²) in [6.45, 7) is 0. The van der Waals surface area contributed by atoms with E-state index in [0.29, 0.717) is 0 Å². The number of allylic oxidation sites excluding steroid dienone is 1. The third kappa shape index (κ3) is 0.727. The Labute approximate surface area is 59.7 Å². The molecule has 1 aliphatic rings. The third-order valence-corrected chi connectivity index (χ3v) is 1.81. The first kappa shape index (κ1) is 5.59.